The highest BCUT2D eigenvalue weighted by Gasteiger charge is 2.31. The van der Waals surface area contributed by atoms with Crippen LogP contribution in [0.5, 0.6) is 0 Å². The first-order valence-corrected chi connectivity index (χ1v) is 7.19. The monoisotopic (exact) mass is 258 g/mol. The molecular weight excluding hydrogens is 236 g/mol. The third-order valence-electron chi connectivity index (χ3n) is 4.58. The SMILES string of the molecule is CCC1CCC(Nc2nc3ccc(N)cc3[nH]2)C1C. The number of benzene rings is 1. The van der Waals surface area contributed by atoms with E-state index in [9.17, 15) is 0 Å². The van der Waals surface area contributed by atoms with Crippen LogP contribution in [-0.4, -0.2) is 16.0 Å². The number of aromatic amines is 1. The fourth-order valence-corrected chi connectivity index (χ4v) is 3.30. The van der Waals surface area contributed by atoms with E-state index in [2.05, 4.69) is 29.1 Å². The lowest BCUT2D eigenvalue weighted by molar-refractivity contribution is 0.391. The van der Waals surface area contributed by atoms with Gasteiger partial charge in [-0.3, -0.25) is 0 Å². The smallest absolute Gasteiger partial charge is 0.201 e. The van der Waals surface area contributed by atoms with Gasteiger partial charge in [0.15, 0.2) is 0 Å². The highest BCUT2D eigenvalue weighted by Crippen LogP contribution is 2.35. The first-order valence-electron chi connectivity index (χ1n) is 7.19. The number of aromatic nitrogens is 2. The summed E-state index contributed by atoms with van der Waals surface area (Å²) >= 11 is 0. The Bertz CT molecular complexity index is 575. The van der Waals surface area contributed by atoms with Crippen molar-refractivity contribution in [2.75, 3.05) is 11.1 Å². The minimum atomic E-state index is 0.530. The Morgan fingerprint density at radius 1 is 1.42 bits per heavy atom. The van der Waals surface area contributed by atoms with Crippen LogP contribution in [0.15, 0.2) is 18.2 Å². The highest BCUT2D eigenvalue weighted by atomic mass is 15.1. The van der Waals surface area contributed by atoms with E-state index >= 15 is 0 Å². The van der Waals surface area contributed by atoms with Crippen molar-refractivity contribution in [2.24, 2.45) is 11.8 Å². The lowest BCUT2D eigenvalue weighted by Crippen LogP contribution is -2.25. The van der Waals surface area contributed by atoms with E-state index in [4.69, 9.17) is 5.73 Å². The number of anilines is 2. The fraction of sp³-hybridized carbons (Fsp3) is 0.533. The zero-order valence-electron chi connectivity index (χ0n) is 11.6. The molecule has 1 aliphatic rings. The van der Waals surface area contributed by atoms with Crippen molar-refractivity contribution in [3.05, 3.63) is 18.2 Å². The van der Waals surface area contributed by atoms with Crippen molar-refractivity contribution < 1.29 is 0 Å². The van der Waals surface area contributed by atoms with Gasteiger partial charge in [0.1, 0.15) is 0 Å². The molecule has 3 atom stereocenters. The quantitative estimate of drug-likeness (QED) is 0.739. The maximum absolute atomic E-state index is 5.79. The molecule has 1 aliphatic carbocycles. The van der Waals surface area contributed by atoms with Crippen molar-refractivity contribution >= 4 is 22.7 Å². The molecule has 1 aromatic heterocycles. The maximum atomic E-state index is 5.79. The number of rotatable bonds is 3. The number of imidazole rings is 1. The van der Waals surface area contributed by atoms with Gasteiger partial charge in [-0.15, -0.1) is 0 Å². The average Bonchev–Trinajstić information content (AvgIpc) is 2.93. The molecule has 4 nitrogen and oxygen atoms in total. The minimum Gasteiger partial charge on any atom is -0.399 e. The molecule has 0 bridgehead atoms. The fourth-order valence-electron chi connectivity index (χ4n) is 3.30. The zero-order valence-corrected chi connectivity index (χ0v) is 11.6. The summed E-state index contributed by atoms with van der Waals surface area (Å²) in [5.41, 5.74) is 8.52. The van der Waals surface area contributed by atoms with Crippen LogP contribution in [0, 0.1) is 11.8 Å². The maximum Gasteiger partial charge on any atom is 0.201 e. The summed E-state index contributed by atoms with van der Waals surface area (Å²) in [4.78, 5) is 7.89. The Labute approximate surface area is 113 Å². The Morgan fingerprint density at radius 2 is 2.26 bits per heavy atom. The summed E-state index contributed by atoms with van der Waals surface area (Å²) in [5, 5.41) is 3.56. The molecule has 19 heavy (non-hydrogen) atoms. The van der Waals surface area contributed by atoms with Gasteiger partial charge >= 0.3 is 0 Å². The molecular formula is C15H22N4. The molecule has 0 aliphatic heterocycles. The lowest BCUT2D eigenvalue weighted by atomic mass is 9.94. The van der Waals surface area contributed by atoms with Gasteiger partial charge in [0, 0.05) is 11.7 Å². The Balaban J connectivity index is 1.78. The van der Waals surface area contributed by atoms with Crippen LogP contribution in [0.1, 0.15) is 33.1 Å². The number of fused-ring (bicyclic) bond motifs is 1. The van der Waals surface area contributed by atoms with Crippen LogP contribution in [0.4, 0.5) is 11.6 Å². The van der Waals surface area contributed by atoms with Gasteiger partial charge in [0.05, 0.1) is 11.0 Å². The van der Waals surface area contributed by atoms with E-state index in [1.54, 1.807) is 0 Å². The lowest BCUT2D eigenvalue weighted by Gasteiger charge is -2.20. The number of nitrogens with two attached hydrogens (primary N) is 1. The van der Waals surface area contributed by atoms with E-state index in [0.717, 1.165) is 28.6 Å². The second kappa shape index (κ2) is 4.76. The molecule has 0 amide bonds. The molecule has 3 unspecified atom stereocenters. The van der Waals surface area contributed by atoms with Crippen molar-refractivity contribution in [1.29, 1.82) is 0 Å². The van der Waals surface area contributed by atoms with Crippen molar-refractivity contribution in [1.82, 2.24) is 9.97 Å². The van der Waals surface area contributed by atoms with Crippen LogP contribution < -0.4 is 11.1 Å². The van der Waals surface area contributed by atoms with Crippen molar-refractivity contribution in [3.63, 3.8) is 0 Å². The molecule has 0 radical (unpaired) electrons. The van der Waals surface area contributed by atoms with Crippen LogP contribution in [-0.2, 0) is 0 Å². The second-order valence-corrected chi connectivity index (χ2v) is 5.72. The van der Waals surface area contributed by atoms with E-state index in [1.165, 1.54) is 19.3 Å². The van der Waals surface area contributed by atoms with Crippen LogP contribution in [0.25, 0.3) is 11.0 Å². The van der Waals surface area contributed by atoms with E-state index in [-0.39, 0.29) is 0 Å². The van der Waals surface area contributed by atoms with Crippen LogP contribution in [0.3, 0.4) is 0 Å². The van der Waals surface area contributed by atoms with E-state index in [0.29, 0.717) is 12.0 Å². The second-order valence-electron chi connectivity index (χ2n) is 5.72. The molecule has 1 saturated carbocycles. The normalized spacial score (nSPS) is 26.9. The number of hydrogen-bond acceptors (Lipinski definition) is 3. The van der Waals surface area contributed by atoms with Gasteiger partial charge < -0.3 is 16.0 Å². The van der Waals surface area contributed by atoms with Crippen LogP contribution >= 0.6 is 0 Å². The summed E-state index contributed by atoms with van der Waals surface area (Å²) in [6, 6.07) is 6.31. The van der Waals surface area contributed by atoms with Crippen LogP contribution in [0.2, 0.25) is 0 Å². The summed E-state index contributed by atoms with van der Waals surface area (Å²) in [7, 11) is 0. The Kier molecular flexibility index (Phi) is 3.09. The summed E-state index contributed by atoms with van der Waals surface area (Å²) in [5.74, 6) is 2.43. The van der Waals surface area contributed by atoms with E-state index in [1.807, 2.05) is 18.2 Å². The summed E-state index contributed by atoms with van der Waals surface area (Å²) in [6.07, 6.45) is 3.83. The molecule has 4 heteroatoms. The molecule has 102 valence electrons. The minimum absolute atomic E-state index is 0.530. The third-order valence-corrected chi connectivity index (χ3v) is 4.58. The predicted octanol–water partition coefficient (Wildman–Crippen LogP) is 3.38. The Hall–Kier alpha value is -1.71. The topological polar surface area (TPSA) is 66.7 Å². The molecule has 3 rings (SSSR count). The van der Waals surface area contributed by atoms with Gasteiger partial charge in [-0.25, -0.2) is 4.98 Å². The Morgan fingerprint density at radius 3 is 3.00 bits per heavy atom. The standard InChI is InChI=1S/C15H22N4/c1-3-10-4-6-12(9(10)2)17-15-18-13-7-5-11(16)8-14(13)19-15/h5,7-10,12H,3-4,6,16H2,1-2H3,(H2,17,18,19). The number of nitrogen functional groups attached to an aromatic ring is 1. The number of nitrogens with one attached hydrogen (secondary N) is 2. The predicted molar refractivity (Wildman–Crippen MR) is 80.1 cm³/mol. The summed E-state index contributed by atoms with van der Waals surface area (Å²) < 4.78 is 0. The number of nitrogens with zero attached hydrogens (tertiary/aromatic N) is 1. The average molecular weight is 258 g/mol. The molecule has 2 aromatic rings. The van der Waals surface area contributed by atoms with Gasteiger partial charge in [-0.05, 0) is 42.9 Å². The molecule has 1 heterocycles. The van der Waals surface area contributed by atoms with Gasteiger partial charge in [0.2, 0.25) is 5.95 Å². The number of hydrogen-bond donors (Lipinski definition) is 3. The molecule has 0 spiro atoms. The first-order chi connectivity index (χ1) is 9.17. The number of H-pyrrole nitrogens is 1. The molecule has 4 N–H and O–H groups in total. The van der Waals surface area contributed by atoms with Gasteiger partial charge in [-0.2, -0.15) is 0 Å². The molecule has 0 saturated heterocycles. The van der Waals surface area contributed by atoms with Crippen molar-refractivity contribution in [3.8, 4) is 0 Å². The first kappa shape index (κ1) is 12.3. The van der Waals surface area contributed by atoms with Gasteiger partial charge in [0.25, 0.3) is 0 Å². The largest absolute Gasteiger partial charge is 0.399 e. The van der Waals surface area contributed by atoms with Crippen molar-refractivity contribution in [2.45, 2.75) is 39.2 Å². The summed E-state index contributed by atoms with van der Waals surface area (Å²) in [6.45, 7) is 4.63. The molecule has 1 fully saturated rings. The molecule has 1 aromatic carbocycles. The zero-order chi connectivity index (χ0) is 13.4. The third kappa shape index (κ3) is 2.27. The van der Waals surface area contributed by atoms with E-state index < -0.39 is 0 Å². The highest BCUT2D eigenvalue weighted by molar-refractivity contribution is 5.80. The van der Waals surface area contributed by atoms with Gasteiger partial charge in [-0.1, -0.05) is 20.3 Å².